The van der Waals surface area contributed by atoms with Gasteiger partial charge >= 0.3 is 0 Å². The second-order valence-corrected chi connectivity index (χ2v) is 17.1. The molecule has 0 unspecified atom stereocenters. The lowest BCUT2D eigenvalue weighted by Gasteiger charge is -2.21. The van der Waals surface area contributed by atoms with Crippen molar-refractivity contribution in [3.63, 3.8) is 0 Å². The third-order valence-corrected chi connectivity index (χ3v) is 12.9. The topological polar surface area (TPSA) is 68.9 Å². The van der Waals surface area contributed by atoms with Crippen LogP contribution in [0.25, 0.3) is 72.0 Å². The fraction of sp³-hybridized carbons (Fsp3) is 0.0847. The van der Waals surface area contributed by atoms with E-state index >= 15 is 0 Å². The van der Waals surface area contributed by atoms with E-state index in [1.165, 1.54) is 5.39 Å². The van der Waals surface area contributed by atoms with Crippen LogP contribution < -0.4 is 15.4 Å². The summed E-state index contributed by atoms with van der Waals surface area (Å²) < 4.78 is 11.4. The van der Waals surface area contributed by atoms with Crippen LogP contribution in [0.2, 0.25) is 0 Å². The fourth-order valence-corrected chi connectivity index (χ4v) is 9.73. The Balaban J connectivity index is 0.917. The quantitative estimate of drug-likeness (QED) is 0.143. The molecule has 0 atom stereocenters. The number of anilines is 4. The van der Waals surface area contributed by atoms with Crippen LogP contribution in [0.3, 0.4) is 0 Å². The Kier molecular flexibility index (Phi) is 9.86. The van der Waals surface area contributed by atoms with Crippen molar-refractivity contribution in [3.8, 4) is 50.7 Å². The number of ether oxygens (including phenoxy) is 1. The van der Waals surface area contributed by atoms with Crippen LogP contribution in [0.1, 0.15) is 24.2 Å². The van der Waals surface area contributed by atoms with Gasteiger partial charge in [-0.2, -0.15) is 0 Å². The number of fused-ring (bicyclic) bond motifs is 6. The molecular formula is C59H46N6O. The van der Waals surface area contributed by atoms with Gasteiger partial charge in [0.15, 0.2) is 0 Å². The maximum absolute atomic E-state index is 6.73. The van der Waals surface area contributed by atoms with Crippen molar-refractivity contribution < 1.29 is 4.74 Å². The normalized spacial score (nSPS) is 12.4. The molecule has 2 N–H and O–H groups in total. The van der Waals surface area contributed by atoms with Crippen LogP contribution in [0.5, 0.6) is 11.5 Å². The number of aryl methyl sites for hydroxylation is 3. The summed E-state index contributed by atoms with van der Waals surface area (Å²) in [5.74, 6) is 3.47. The van der Waals surface area contributed by atoms with Gasteiger partial charge in [-0.25, -0.2) is 9.97 Å². The Bertz CT molecular complexity index is 3520. The highest BCUT2D eigenvalue weighted by molar-refractivity contribution is 6.09. The van der Waals surface area contributed by atoms with Gasteiger partial charge in [-0.1, -0.05) is 133 Å². The average molecular weight is 855 g/mol. The smallest absolute Gasteiger partial charge is 0.137 e. The van der Waals surface area contributed by atoms with Crippen molar-refractivity contribution in [1.82, 2.24) is 19.1 Å². The zero-order valence-electron chi connectivity index (χ0n) is 36.6. The molecule has 7 nitrogen and oxygen atoms in total. The van der Waals surface area contributed by atoms with Crippen LogP contribution in [0.15, 0.2) is 200 Å². The van der Waals surface area contributed by atoms with Gasteiger partial charge in [-0.15, -0.1) is 0 Å². The second-order valence-electron chi connectivity index (χ2n) is 17.1. The van der Waals surface area contributed by atoms with Gasteiger partial charge in [0.25, 0.3) is 0 Å². The molecular weight excluding hydrogens is 809 g/mol. The second kappa shape index (κ2) is 16.6. The van der Waals surface area contributed by atoms with Gasteiger partial charge in [0.2, 0.25) is 0 Å². The molecule has 0 spiro atoms. The Morgan fingerprint density at radius 1 is 0.515 bits per heavy atom. The van der Waals surface area contributed by atoms with Gasteiger partial charge in [-0.05, 0) is 90.6 Å². The van der Waals surface area contributed by atoms with Crippen LogP contribution in [-0.2, 0) is 13.0 Å². The number of nitrogens with zero attached hydrogens (tertiary/aromatic N) is 4. The monoisotopic (exact) mass is 854 g/mol. The molecule has 7 heteroatoms. The van der Waals surface area contributed by atoms with Gasteiger partial charge in [0.1, 0.15) is 23.1 Å². The molecule has 1 aliphatic rings. The first-order valence-corrected chi connectivity index (χ1v) is 22.8. The number of para-hydroxylation sites is 2. The minimum Gasteiger partial charge on any atom is -0.457 e. The molecule has 0 radical (unpaired) electrons. The summed E-state index contributed by atoms with van der Waals surface area (Å²) in [4.78, 5) is 10.2. The lowest BCUT2D eigenvalue weighted by Crippen LogP contribution is -2.10. The summed E-state index contributed by atoms with van der Waals surface area (Å²) in [6, 6.07) is 67.9. The van der Waals surface area contributed by atoms with Crippen molar-refractivity contribution in [2.24, 2.45) is 0 Å². The number of hydrogen-bond acceptors (Lipinski definition) is 5. The number of nitrogens with one attached hydrogen (secondary N) is 2. The third kappa shape index (κ3) is 7.21. The Hall–Kier alpha value is -8.42. The van der Waals surface area contributed by atoms with E-state index in [9.17, 15) is 0 Å². The number of hydrogen-bond donors (Lipinski definition) is 2. The van der Waals surface area contributed by atoms with E-state index in [0.717, 1.165) is 138 Å². The van der Waals surface area contributed by atoms with Crippen molar-refractivity contribution >= 4 is 55.6 Å². The zero-order chi connectivity index (χ0) is 44.0. The van der Waals surface area contributed by atoms with Crippen molar-refractivity contribution in [2.45, 2.75) is 32.7 Å². The first-order valence-electron chi connectivity index (χ1n) is 22.8. The molecule has 12 rings (SSSR count). The van der Waals surface area contributed by atoms with Crippen LogP contribution in [0, 0.1) is 6.92 Å². The van der Waals surface area contributed by atoms with Crippen molar-refractivity contribution in [3.05, 3.63) is 212 Å². The minimum absolute atomic E-state index is 0.719. The van der Waals surface area contributed by atoms with E-state index in [1.54, 1.807) is 0 Å². The van der Waals surface area contributed by atoms with Gasteiger partial charge in [-0.3, -0.25) is 4.57 Å². The molecule has 8 aromatic carbocycles. The van der Waals surface area contributed by atoms with Crippen molar-refractivity contribution in [1.29, 1.82) is 0 Å². The molecule has 0 amide bonds. The van der Waals surface area contributed by atoms with Crippen LogP contribution >= 0.6 is 0 Å². The predicted octanol–water partition coefficient (Wildman–Crippen LogP) is 15.5. The summed E-state index contributed by atoms with van der Waals surface area (Å²) in [5.41, 5.74) is 16.0. The molecule has 0 saturated carbocycles. The van der Waals surface area contributed by atoms with E-state index in [2.05, 4.69) is 203 Å². The molecule has 11 aromatic rings. The van der Waals surface area contributed by atoms with Crippen LogP contribution in [-0.4, -0.2) is 19.1 Å². The highest BCUT2D eigenvalue weighted by Crippen LogP contribution is 2.43. The van der Waals surface area contributed by atoms with E-state index in [1.807, 2.05) is 24.4 Å². The maximum atomic E-state index is 6.73. The van der Waals surface area contributed by atoms with E-state index < -0.39 is 0 Å². The fourth-order valence-electron chi connectivity index (χ4n) is 9.73. The molecule has 0 bridgehead atoms. The summed E-state index contributed by atoms with van der Waals surface area (Å²) in [7, 11) is 0. The largest absolute Gasteiger partial charge is 0.457 e. The molecule has 0 aliphatic carbocycles. The predicted molar refractivity (Wildman–Crippen MR) is 272 cm³/mol. The van der Waals surface area contributed by atoms with E-state index in [0.29, 0.717) is 0 Å². The van der Waals surface area contributed by atoms with E-state index in [4.69, 9.17) is 14.7 Å². The molecule has 318 valence electrons. The van der Waals surface area contributed by atoms with E-state index in [-0.39, 0.29) is 0 Å². The summed E-state index contributed by atoms with van der Waals surface area (Å²) in [6.07, 6.45) is 5.28. The standard InChI is InChI=1S/C59H46N6O/c1-39-33-58(60-38-50(39)42-21-9-4-10-22-42)65-54-28-12-11-25-48(54)49-31-30-45(35-55(49)65)66-44-24-15-23-43(34-44)61-51-36-53-56(64-32-14-13-29-57(64)62-53)37-52(51)63-59-46(40-17-5-2-6-18-40)26-16-27-47(59)41-19-7-3-8-20-41/h2-12,15-28,30-31,33-38,61,63H,13-14,29,32H2,1H3. The van der Waals surface area contributed by atoms with Gasteiger partial charge in [0.05, 0.1) is 39.1 Å². The summed E-state index contributed by atoms with van der Waals surface area (Å²) >= 11 is 0. The molecule has 0 fully saturated rings. The molecule has 1 aliphatic heterocycles. The van der Waals surface area contributed by atoms with Crippen molar-refractivity contribution in [2.75, 3.05) is 10.6 Å². The first-order chi connectivity index (χ1) is 32.6. The van der Waals surface area contributed by atoms with Gasteiger partial charge in [0, 0.05) is 64.4 Å². The SMILES string of the molecule is Cc1cc(-n2c3ccccc3c3ccc(Oc4cccc(Nc5cc6nc7n(c6cc5Nc5c(-c6ccccc6)cccc5-c5ccccc5)CCCC7)c4)cc32)ncc1-c1ccccc1. The zero-order valence-corrected chi connectivity index (χ0v) is 36.6. The van der Waals surface area contributed by atoms with Crippen LogP contribution in [0.4, 0.5) is 22.7 Å². The summed E-state index contributed by atoms with van der Waals surface area (Å²) in [6.45, 7) is 3.12. The Labute approximate surface area is 383 Å². The number of pyridine rings is 1. The highest BCUT2D eigenvalue weighted by Gasteiger charge is 2.21. The lowest BCUT2D eigenvalue weighted by atomic mass is 9.95. The Morgan fingerprint density at radius 2 is 1.17 bits per heavy atom. The molecule has 0 saturated heterocycles. The highest BCUT2D eigenvalue weighted by atomic mass is 16.5. The number of rotatable bonds is 10. The number of imidazole rings is 1. The first kappa shape index (κ1) is 39.2. The number of aromatic nitrogens is 4. The summed E-state index contributed by atoms with van der Waals surface area (Å²) in [5, 5.41) is 10.1. The third-order valence-electron chi connectivity index (χ3n) is 12.9. The Morgan fingerprint density at radius 3 is 1.91 bits per heavy atom. The maximum Gasteiger partial charge on any atom is 0.137 e. The minimum atomic E-state index is 0.719. The molecule has 4 heterocycles. The molecule has 66 heavy (non-hydrogen) atoms. The van der Waals surface area contributed by atoms with Gasteiger partial charge < -0.3 is 19.9 Å². The number of benzene rings is 8. The average Bonchev–Trinajstić information content (AvgIpc) is 3.89. The molecule has 3 aromatic heterocycles. The lowest BCUT2D eigenvalue weighted by molar-refractivity contribution is 0.483.